The van der Waals surface area contributed by atoms with Crippen LogP contribution >= 0.6 is 0 Å². The molecule has 1 aliphatic heterocycles. The first kappa shape index (κ1) is 25.0. The lowest BCUT2D eigenvalue weighted by Crippen LogP contribution is -2.43. The Kier molecular flexibility index (Phi) is 8.38. The Bertz CT molecular complexity index is 1030. The molecule has 31 heavy (non-hydrogen) atoms. The van der Waals surface area contributed by atoms with Gasteiger partial charge in [-0.25, -0.2) is 16.8 Å². The molecule has 0 unspecified atom stereocenters. The predicted octanol–water partition coefficient (Wildman–Crippen LogP) is 0.919. The lowest BCUT2D eigenvalue weighted by atomic mass is 10.2. The Morgan fingerprint density at radius 2 is 1.77 bits per heavy atom. The molecule has 1 aromatic rings. The van der Waals surface area contributed by atoms with Crippen LogP contribution in [0.2, 0.25) is 0 Å². The van der Waals surface area contributed by atoms with Crippen LogP contribution in [0.3, 0.4) is 0 Å². The van der Waals surface area contributed by atoms with Crippen LogP contribution in [0.25, 0.3) is 6.08 Å². The maximum Gasteiger partial charge on any atom is 0.325 e. The number of nitrogens with zero attached hydrogens (tertiary/aromatic N) is 2. The van der Waals surface area contributed by atoms with Gasteiger partial charge in [0.15, 0.2) is 9.84 Å². The van der Waals surface area contributed by atoms with Crippen molar-refractivity contribution in [3.05, 3.63) is 35.9 Å². The summed E-state index contributed by atoms with van der Waals surface area (Å²) in [5.41, 5.74) is 0.587. The number of amides is 1. The van der Waals surface area contributed by atoms with Gasteiger partial charge in [0.1, 0.15) is 6.54 Å². The van der Waals surface area contributed by atoms with Crippen molar-refractivity contribution in [2.24, 2.45) is 0 Å². The number of hydrogen-bond acceptors (Lipinski definition) is 7. The molecule has 0 aliphatic carbocycles. The molecule has 0 N–H and O–H groups in total. The fourth-order valence-electron chi connectivity index (χ4n) is 3.34. The first-order valence-corrected chi connectivity index (χ1v) is 13.2. The third-order valence-corrected chi connectivity index (χ3v) is 8.92. The first-order chi connectivity index (χ1) is 14.5. The Hall–Kier alpha value is -2.24. The van der Waals surface area contributed by atoms with Crippen molar-refractivity contribution >= 4 is 37.8 Å². The number of ether oxygens (including phenoxy) is 1. The monoisotopic (exact) mass is 472 g/mol. The van der Waals surface area contributed by atoms with Gasteiger partial charge in [0.05, 0.1) is 23.5 Å². The van der Waals surface area contributed by atoms with Gasteiger partial charge in [-0.05, 0) is 30.2 Å². The average Bonchev–Trinajstić information content (AvgIpc) is 3.10. The van der Waals surface area contributed by atoms with Gasteiger partial charge in [0, 0.05) is 25.2 Å². The van der Waals surface area contributed by atoms with E-state index in [9.17, 15) is 26.4 Å². The van der Waals surface area contributed by atoms with Crippen molar-refractivity contribution in [2.75, 3.05) is 38.2 Å². The van der Waals surface area contributed by atoms with Crippen LogP contribution in [-0.4, -0.2) is 82.2 Å². The second kappa shape index (κ2) is 10.4. The summed E-state index contributed by atoms with van der Waals surface area (Å²) in [6.07, 6.45) is 2.99. The quantitative estimate of drug-likeness (QED) is 0.387. The van der Waals surface area contributed by atoms with Crippen LogP contribution in [0.5, 0.6) is 0 Å². The largest absolute Gasteiger partial charge is 0.468 e. The summed E-state index contributed by atoms with van der Waals surface area (Å²) in [5, 5.41) is 0. The molecule has 1 heterocycles. The number of benzene rings is 1. The molecule has 1 aliphatic rings. The molecule has 0 bridgehead atoms. The summed E-state index contributed by atoms with van der Waals surface area (Å²) in [6.45, 7) is 3.91. The molecule has 11 heteroatoms. The summed E-state index contributed by atoms with van der Waals surface area (Å²) in [6, 6.07) is 5.49. The van der Waals surface area contributed by atoms with E-state index in [1.807, 2.05) is 0 Å². The summed E-state index contributed by atoms with van der Waals surface area (Å²) < 4.78 is 54.6. The molecule has 2 rings (SSSR count). The van der Waals surface area contributed by atoms with Gasteiger partial charge in [-0.2, -0.15) is 4.31 Å². The second-order valence-corrected chi connectivity index (χ2v) is 11.3. The van der Waals surface area contributed by atoms with Gasteiger partial charge in [-0.1, -0.05) is 26.0 Å². The highest BCUT2D eigenvalue weighted by molar-refractivity contribution is 7.91. The number of carbonyl (C=O) groups excluding carboxylic acids is 2. The smallest absolute Gasteiger partial charge is 0.325 e. The zero-order chi connectivity index (χ0) is 23.2. The molecule has 0 saturated carbocycles. The lowest BCUT2D eigenvalue weighted by molar-refractivity contribution is -0.146. The SMILES string of the molecule is CCN(CC)S(=O)(=O)c1ccc(/C=C/C(=O)N(CC(=O)OC)[C@H]2CCS(=O)(=O)C2)cc1. The lowest BCUT2D eigenvalue weighted by Gasteiger charge is -2.25. The molecule has 172 valence electrons. The minimum Gasteiger partial charge on any atom is -0.468 e. The van der Waals surface area contributed by atoms with E-state index in [4.69, 9.17) is 0 Å². The summed E-state index contributed by atoms with van der Waals surface area (Å²) in [5.74, 6) is -1.39. The Labute approximate surface area is 183 Å². The maximum atomic E-state index is 12.7. The van der Waals surface area contributed by atoms with E-state index in [1.54, 1.807) is 26.0 Å². The highest BCUT2D eigenvalue weighted by atomic mass is 32.2. The molecular weight excluding hydrogens is 444 g/mol. The van der Waals surface area contributed by atoms with Gasteiger partial charge in [0.2, 0.25) is 15.9 Å². The molecule has 1 atom stereocenters. The molecule has 1 saturated heterocycles. The molecule has 1 fully saturated rings. The predicted molar refractivity (Wildman–Crippen MR) is 116 cm³/mol. The third kappa shape index (κ3) is 6.37. The first-order valence-electron chi connectivity index (χ1n) is 9.90. The van der Waals surface area contributed by atoms with E-state index in [0.29, 0.717) is 18.7 Å². The third-order valence-electron chi connectivity index (χ3n) is 5.10. The van der Waals surface area contributed by atoms with Crippen LogP contribution in [0.1, 0.15) is 25.8 Å². The Morgan fingerprint density at radius 3 is 2.26 bits per heavy atom. The van der Waals surface area contributed by atoms with Crippen molar-refractivity contribution in [1.29, 1.82) is 0 Å². The summed E-state index contributed by atoms with van der Waals surface area (Å²) in [7, 11) is -5.63. The van der Waals surface area contributed by atoms with Gasteiger partial charge in [-0.3, -0.25) is 9.59 Å². The van der Waals surface area contributed by atoms with Crippen LogP contribution in [0.4, 0.5) is 0 Å². The summed E-state index contributed by atoms with van der Waals surface area (Å²) in [4.78, 5) is 25.8. The molecular formula is C20H28N2O7S2. The van der Waals surface area contributed by atoms with E-state index < -0.39 is 37.8 Å². The molecule has 1 aromatic carbocycles. The normalized spacial score (nSPS) is 18.4. The fraction of sp³-hybridized carbons (Fsp3) is 0.500. The van der Waals surface area contributed by atoms with E-state index >= 15 is 0 Å². The van der Waals surface area contributed by atoms with Crippen LogP contribution in [0.15, 0.2) is 35.2 Å². The van der Waals surface area contributed by atoms with Gasteiger partial charge < -0.3 is 9.64 Å². The van der Waals surface area contributed by atoms with E-state index in [-0.39, 0.29) is 29.4 Å². The average molecular weight is 473 g/mol. The number of esters is 1. The molecule has 0 spiro atoms. The Morgan fingerprint density at radius 1 is 1.16 bits per heavy atom. The maximum absolute atomic E-state index is 12.7. The number of methoxy groups -OCH3 is 1. The number of carbonyl (C=O) groups is 2. The minimum absolute atomic E-state index is 0.0329. The van der Waals surface area contributed by atoms with Gasteiger partial charge >= 0.3 is 5.97 Å². The van der Waals surface area contributed by atoms with Crippen LogP contribution in [-0.2, 0) is 34.2 Å². The van der Waals surface area contributed by atoms with Crippen molar-refractivity contribution in [2.45, 2.75) is 31.2 Å². The van der Waals surface area contributed by atoms with Gasteiger partial charge in [-0.15, -0.1) is 0 Å². The molecule has 1 amide bonds. The molecule has 9 nitrogen and oxygen atoms in total. The van der Waals surface area contributed by atoms with Crippen molar-refractivity contribution in [1.82, 2.24) is 9.21 Å². The Balaban J connectivity index is 2.18. The second-order valence-electron chi connectivity index (χ2n) is 7.09. The number of sulfonamides is 1. The molecule has 0 radical (unpaired) electrons. The van der Waals surface area contributed by atoms with Crippen LogP contribution in [0, 0.1) is 0 Å². The zero-order valence-electron chi connectivity index (χ0n) is 17.9. The summed E-state index contributed by atoms with van der Waals surface area (Å²) >= 11 is 0. The van der Waals surface area contributed by atoms with Gasteiger partial charge in [0.25, 0.3) is 0 Å². The highest BCUT2D eigenvalue weighted by Crippen LogP contribution is 2.20. The highest BCUT2D eigenvalue weighted by Gasteiger charge is 2.35. The topological polar surface area (TPSA) is 118 Å². The number of hydrogen-bond donors (Lipinski definition) is 0. The minimum atomic E-state index is -3.58. The van der Waals surface area contributed by atoms with E-state index in [1.165, 1.54) is 40.6 Å². The fourth-order valence-corrected chi connectivity index (χ4v) is 6.53. The standard InChI is InChI=1S/C20H28N2O7S2/c1-4-21(5-2)31(27,28)18-9-6-16(7-10-18)8-11-19(23)22(14-20(24)29-3)17-12-13-30(25,26)15-17/h6-11,17H,4-5,12-15H2,1-3H3/b11-8+/t17-/m0/s1. The number of rotatable bonds is 9. The number of sulfone groups is 1. The van der Waals surface area contributed by atoms with Crippen molar-refractivity contribution in [3.8, 4) is 0 Å². The van der Waals surface area contributed by atoms with Crippen molar-refractivity contribution < 1.29 is 31.2 Å². The van der Waals surface area contributed by atoms with Crippen LogP contribution < -0.4 is 0 Å². The zero-order valence-corrected chi connectivity index (χ0v) is 19.5. The molecule has 0 aromatic heterocycles. The van der Waals surface area contributed by atoms with E-state index in [2.05, 4.69) is 4.74 Å². The van der Waals surface area contributed by atoms with Crippen molar-refractivity contribution in [3.63, 3.8) is 0 Å². The van der Waals surface area contributed by atoms with E-state index in [0.717, 1.165) is 0 Å².